The molecule has 2 unspecified atom stereocenters. The molecule has 13 heavy (non-hydrogen) atoms. The summed E-state index contributed by atoms with van der Waals surface area (Å²) in [6, 6.07) is 0. The van der Waals surface area contributed by atoms with Gasteiger partial charge in [0.25, 0.3) is 0 Å². The van der Waals surface area contributed by atoms with E-state index in [9.17, 15) is 5.11 Å². The Morgan fingerprint density at radius 2 is 1.92 bits per heavy atom. The number of hydrogen-bond acceptors (Lipinski definition) is 2. The molecule has 78 valence electrons. The van der Waals surface area contributed by atoms with Gasteiger partial charge < -0.3 is 10.8 Å². The fourth-order valence-electron chi connectivity index (χ4n) is 2.41. The molecule has 0 aliphatic heterocycles. The Balaban J connectivity index is 2.31. The van der Waals surface area contributed by atoms with Gasteiger partial charge in [-0.1, -0.05) is 39.0 Å². The van der Waals surface area contributed by atoms with E-state index >= 15 is 0 Å². The van der Waals surface area contributed by atoms with Crippen LogP contribution in [0.3, 0.4) is 0 Å². The minimum Gasteiger partial charge on any atom is -0.393 e. The van der Waals surface area contributed by atoms with E-state index in [1.165, 1.54) is 32.1 Å². The molecule has 0 saturated heterocycles. The van der Waals surface area contributed by atoms with Crippen molar-refractivity contribution < 1.29 is 5.11 Å². The lowest BCUT2D eigenvalue weighted by Gasteiger charge is -2.30. The zero-order valence-corrected chi connectivity index (χ0v) is 8.71. The Morgan fingerprint density at radius 3 is 2.46 bits per heavy atom. The molecule has 1 fully saturated rings. The first-order chi connectivity index (χ1) is 6.25. The first-order valence-electron chi connectivity index (χ1n) is 5.64. The van der Waals surface area contributed by atoms with Crippen LogP contribution in [0.1, 0.15) is 45.4 Å². The quantitative estimate of drug-likeness (QED) is 0.703. The van der Waals surface area contributed by atoms with Gasteiger partial charge >= 0.3 is 0 Å². The molecule has 0 radical (unpaired) electrons. The van der Waals surface area contributed by atoms with E-state index in [0.29, 0.717) is 12.5 Å². The smallest absolute Gasteiger partial charge is 0.0580 e. The minimum absolute atomic E-state index is 0.173. The molecule has 0 aromatic carbocycles. The van der Waals surface area contributed by atoms with Gasteiger partial charge in [0, 0.05) is 0 Å². The summed E-state index contributed by atoms with van der Waals surface area (Å²) in [6.45, 7) is 2.79. The SMILES string of the molecule is CC(C(O)CCN)C1CCCCC1. The normalized spacial score (nSPS) is 24.2. The van der Waals surface area contributed by atoms with E-state index in [0.717, 1.165) is 12.3 Å². The van der Waals surface area contributed by atoms with Gasteiger partial charge in [-0.2, -0.15) is 0 Å². The van der Waals surface area contributed by atoms with Crippen molar-refractivity contribution in [3.05, 3.63) is 0 Å². The highest BCUT2D eigenvalue weighted by Gasteiger charge is 2.24. The van der Waals surface area contributed by atoms with Crippen molar-refractivity contribution >= 4 is 0 Å². The lowest BCUT2D eigenvalue weighted by molar-refractivity contribution is 0.0641. The van der Waals surface area contributed by atoms with E-state index in [-0.39, 0.29) is 6.10 Å². The third-order valence-electron chi connectivity index (χ3n) is 3.46. The maximum absolute atomic E-state index is 9.79. The molecule has 0 aromatic heterocycles. The number of hydrogen-bond donors (Lipinski definition) is 2. The van der Waals surface area contributed by atoms with Gasteiger partial charge in [0.2, 0.25) is 0 Å². The first kappa shape index (κ1) is 11.0. The zero-order valence-electron chi connectivity index (χ0n) is 8.71. The van der Waals surface area contributed by atoms with Crippen LogP contribution in [0, 0.1) is 11.8 Å². The van der Waals surface area contributed by atoms with Crippen LogP contribution in [-0.4, -0.2) is 17.8 Å². The molecule has 3 N–H and O–H groups in total. The van der Waals surface area contributed by atoms with Crippen LogP contribution >= 0.6 is 0 Å². The van der Waals surface area contributed by atoms with Crippen LogP contribution in [0.4, 0.5) is 0 Å². The standard InChI is InChI=1S/C11H23NO/c1-9(11(13)7-8-12)10-5-3-2-4-6-10/h9-11,13H,2-8,12H2,1H3. The van der Waals surface area contributed by atoms with Crippen molar-refractivity contribution in [1.82, 2.24) is 0 Å². The summed E-state index contributed by atoms with van der Waals surface area (Å²) in [7, 11) is 0. The summed E-state index contributed by atoms with van der Waals surface area (Å²) in [5.74, 6) is 1.19. The molecular formula is C11H23NO. The molecule has 1 saturated carbocycles. The van der Waals surface area contributed by atoms with Crippen LogP contribution in [0.25, 0.3) is 0 Å². The monoisotopic (exact) mass is 185 g/mol. The number of nitrogens with two attached hydrogens (primary N) is 1. The second-order valence-corrected chi connectivity index (χ2v) is 4.40. The summed E-state index contributed by atoms with van der Waals surface area (Å²) in [5, 5.41) is 9.79. The molecule has 2 atom stereocenters. The summed E-state index contributed by atoms with van der Waals surface area (Å²) in [4.78, 5) is 0. The average Bonchev–Trinajstić information content (AvgIpc) is 2.18. The summed E-state index contributed by atoms with van der Waals surface area (Å²) < 4.78 is 0. The molecule has 0 aromatic rings. The third kappa shape index (κ3) is 3.28. The van der Waals surface area contributed by atoms with Gasteiger partial charge in [-0.3, -0.25) is 0 Å². The number of aliphatic hydroxyl groups excluding tert-OH is 1. The molecule has 0 spiro atoms. The van der Waals surface area contributed by atoms with Gasteiger partial charge in [-0.15, -0.1) is 0 Å². The highest BCUT2D eigenvalue weighted by Crippen LogP contribution is 2.31. The third-order valence-corrected chi connectivity index (χ3v) is 3.46. The Bertz CT molecular complexity index is 132. The van der Waals surface area contributed by atoms with Crippen LogP contribution < -0.4 is 5.73 Å². The van der Waals surface area contributed by atoms with Crippen molar-refractivity contribution in [2.45, 2.75) is 51.6 Å². The lowest BCUT2D eigenvalue weighted by Crippen LogP contribution is -2.28. The van der Waals surface area contributed by atoms with E-state index in [1.54, 1.807) is 0 Å². The van der Waals surface area contributed by atoms with Crippen LogP contribution in [0.15, 0.2) is 0 Å². The fraction of sp³-hybridized carbons (Fsp3) is 1.00. The van der Waals surface area contributed by atoms with Gasteiger partial charge in [0.15, 0.2) is 0 Å². The van der Waals surface area contributed by atoms with Crippen LogP contribution in [0.2, 0.25) is 0 Å². The van der Waals surface area contributed by atoms with E-state index in [2.05, 4.69) is 6.92 Å². The van der Waals surface area contributed by atoms with Crippen molar-refractivity contribution in [1.29, 1.82) is 0 Å². The predicted molar refractivity (Wildman–Crippen MR) is 55.4 cm³/mol. The van der Waals surface area contributed by atoms with Gasteiger partial charge in [-0.25, -0.2) is 0 Å². The molecule has 0 heterocycles. The fourth-order valence-corrected chi connectivity index (χ4v) is 2.41. The number of rotatable bonds is 4. The van der Waals surface area contributed by atoms with Gasteiger partial charge in [0.05, 0.1) is 6.10 Å². The van der Waals surface area contributed by atoms with Crippen LogP contribution in [0.5, 0.6) is 0 Å². The van der Waals surface area contributed by atoms with Crippen molar-refractivity contribution in [3.8, 4) is 0 Å². The Kier molecular flexibility index (Phi) is 4.74. The van der Waals surface area contributed by atoms with Crippen molar-refractivity contribution in [3.63, 3.8) is 0 Å². The molecule has 0 amide bonds. The van der Waals surface area contributed by atoms with Gasteiger partial charge in [-0.05, 0) is 24.8 Å². The number of aliphatic hydroxyl groups is 1. The topological polar surface area (TPSA) is 46.2 Å². The highest BCUT2D eigenvalue weighted by atomic mass is 16.3. The molecule has 1 rings (SSSR count). The highest BCUT2D eigenvalue weighted by molar-refractivity contribution is 4.76. The summed E-state index contributed by atoms with van der Waals surface area (Å²) in [5.41, 5.74) is 5.44. The Morgan fingerprint density at radius 1 is 1.31 bits per heavy atom. The molecule has 1 aliphatic carbocycles. The van der Waals surface area contributed by atoms with Gasteiger partial charge in [0.1, 0.15) is 0 Å². The Labute approximate surface area is 81.5 Å². The first-order valence-corrected chi connectivity index (χ1v) is 5.64. The molecule has 2 heteroatoms. The van der Waals surface area contributed by atoms with E-state index < -0.39 is 0 Å². The largest absolute Gasteiger partial charge is 0.393 e. The zero-order chi connectivity index (χ0) is 9.68. The minimum atomic E-state index is -0.173. The van der Waals surface area contributed by atoms with E-state index in [4.69, 9.17) is 5.73 Å². The molecule has 2 nitrogen and oxygen atoms in total. The van der Waals surface area contributed by atoms with Crippen LogP contribution in [-0.2, 0) is 0 Å². The van der Waals surface area contributed by atoms with Crippen molar-refractivity contribution in [2.24, 2.45) is 17.6 Å². The maximum Gasteiger partial charge on any atom is 0.0580 e. The lowest BCUT2D eigenvalue weighted by atomic mass is 9.78. The Hall–Kier alpha value is -0.0800. The second kappa shape index (κ2) is 5.61. The summed E-state index contributed by atoms with van der Waals surface area (Å²) in [6.07, 6.45) is 7.29. The predicted octanol–water partition coefficient (Wildman–Crippen LogP) is 1.91. The molecular weight excluding hydrogens is 162 g/mol. The molecule has 0 bridgehead atoms. The summed E-state index contributed by atoms with van der Waals surface area (Å²) >= 11 is 0. The maximum atomic E-state index is 9.79. The van der Waals surface area contributed by atoms with E-state index in [1.807, 2.05) is 0 Å². The second-order valence-electron chi connectivity index (χ2n) is 4.40. The van der Waals surface area contributed by atoms with Crippen molar-refractivity contribution in [2.75, 3.05) is 6.54 Å². The molecule has 1 aliphatic rings. The average molecular weight is 185 g/mol.